The van der Waals surface area contributed by atoms with Gasteiger partial charge in [-0.15, -0.1) is 0 Å². The van der Waals surface area contributed by atoms with Crippen molar-refractivity contribution in [3.05, 3.63) is 69.3 Å². The van der Waals surface area contributed by atoms with E-state index < -0.39 is 11.2 Å². The molecule has 1 atom stereocenters. The highest BCUT2D eigenvalue weighted by Gasteiger charge is 2.53. The number of amides is 1. The van der Waals surface area contributed by atoms with Crippen LogP contribution in [0.5, 0.6) is 0 Å². The zero-order valence-electron chi connectivity index (χ0n) is 15.6. The second-order valence-corrected chi connectivity index (χ2v) is 7.80. The van der Waals surface area contributed by atoms with E-state index in [0.717, 1.165) is 32.1 Å². The summed E-state index contributed by atoms with van der Waals surface area (Å²) in [7, 11) is 0. The van der Waals surface area contributed by atoms with E-state index in [4.69, 9.17) is 4.42 Å². The van der Waals surface area contributed by atoms with Crippen LogP contribution in [0.25, 0.3) is 0 Å². The molecule has 1 saturated carbocycles. The fraction of sp³-hybridized carbons (Fsp3) is 0.455. The summed E-state index contributed by atoms with van der Waals surface area (Å²) in [4.78, 5) is 27.3. The van der Waals surface area contributed by atoms with Crippen molar-refractivity contribution in [1.82, 2.24) is 4.90 Å². The molecule has 2 aliphatic rings. The Morgan fingerprint density at radius 2 is 2.00 bits per heavy atom. The first-order chi connectivity index (χ1) is 13.0. The largest absolute Gasteiger partial charge is 0.427 e. The smallest absolute Gasteiger partial charge is 0.349 e. The van der Waals surface area contributed by atoms with Crippen molar-refractivity contribution in [3.8, 4) is 0 Å². The third-order valence-corrected chi connectivity index (χ3v) is 5.81. The molecule has 1 aliphatic heterocycles. The molecule has 142 valence electrons. The molecular weight excluding hydrogens is 342 g/mol. The van der Waals surface area contributed by atoms with Crippen LogP contribution in [0.2, 0.25) is 0 Å². The van der Waals surface area contributed by atoms with E-state index in [1.807, 2.05) is 30.3 Å². The van der Waals surface area contributed by atoms with Gasteiger partial charge in [-0.2, -0.15) is 0 Å². The molecule has 5 heteroatoms. The van der Waals surface area contributed by atoms with E-state index in [-0.39, 0.29) is 17.5 Å². The number of hydrogen-bond acceptors (Lipinski definition) is 4. The third kappa shape index (κ3) is 3.56. The predicted molar refractivity (Wildman–Crippen MR) is 102 cm³/mol. The first-order valence-electron chi connectivity index (χ1n) is 9.69. The van der Waals surface area contributed by atoms with Gasteiger partial charge in [0.15, 0.2) is 0 Å². The lowest BCUT2D eigenvalue weighted by Gasteiger charge is -2.28. The zero-order valence-corrected chi connectivity index (χ0v) is 15.6. The van der Waals surface area contributed by atoms with Crippen molar-refractivity contribution in [2.75, 3.05) is 6.54 Å². The molecule has 27 heavy (non-hydrogen) atoms. The Balaban J connectivity index is 1.53. The average Bonchev–Trinajstić information content (AvgIpc) is 3.20. The number of carbonyl (C=O) groups excluding carboxylic acids is 1. The summed E-state index contributed by atoms with van der Waals surface area (Å²) in [5.74, 6) is 0.287. The molecule has 0 radical (unpaired) electrons. The molecule has 2 aromatic rings. The standard InChI is InChI=1S/C22H25NO4/c1-15-14-17(10-9-16-6-3-2-4-7-16)27-21(25)19(15)20(24)23-13-5-8-18(23)22(26)11-12-22/h2-4,6-7,14,18,26H,5,8-13H2,1H3. The number of rotatable bonds is 5. The quantitative estimate of drug-likeness (QED) is 0.882. The van der Waals surface area contributed by atoms with Crippen molar-refractivity contribution < 1.29 is 14.3 Å². The molecule has 1 aromatic carbocycles. The Kier molecular flexibility index (Phi) is 4.64. The molecule has 4 rings (SSSR count). The number of likely N-dealkylation sites (tertiary alicyclic amines) is 1. The second-order valence-electron chi connectivity index (χ2n) is 7.80. The maximum absolute atomic E-state index is 13.0. The van der Waals surface area contributed by atoms with Crippen LogP contribution in [-0.2, 0) is 12.8 Å². The Bertz CT molecular complexity index is 898. The van der Waals surface area contributed by atoms with Gasteiger partial charge in [0.05, 0.1) is 11.6 Å². The topological polar surface area (TPSA) is 70.8 Å². The molecule has 1 aromatic heterocycles. The Hall–Kier alpha value is -2.40. The van der Waals surface area contributed by atoms with Gasteiger partial charge >= 0.3 is 5.63 Å². The third-order valence-electron chi connectivity index (χ3n) is 5.81. The van der Waals surface area contributed by atoms with Gasteiger partial charge in [-0.1, -0.05) is 30.3 Å². The second kappa shape index (κ2) is 6.97. The van der Waals surface area contributed by atoms with Crippen molar-refractivity contribution in [2.24, 2.45) is 0 Å². The van der Waals surface area contributed by atoms with Crippen LogP contribution in [0.15, 0.2) is 45.6 Å². The van der Waals surface area contributed by atoms with Crippen LogP contribution in [0.4, 0.5) is 0 Å². The monoisotopic (exact) mass is 367 g/mol. The van der Waals surface area contributed by atoms with E-state index in [9.17, 15) is 14.7 Å². The van der Waals surface area contributed by atoms with Gasteiger partial charge in [-0.05, 0) is 56.2 Å². The van der Waals surface area contributed by atoms with Crippen LogP contribution >= 0.6 is 0 Å². The normalized spacial score (nSPS) is 20.7. The summed E-state index contributed by atoms with van der Waals surface area (Å²) in [6, 6.07) is 11.6. The maximum atomic E-state index is 13.0. The number of aliphatic hydroxyl groups is 1. The maximum Gasteiger partial charge on any atom is 0.349 e. The van der Waals surface area contributed by atoms with Crippen LogP contribution in [0.1, 0.15) is 52.9 Å². The summed E-state index contributed by atoms with van der Waals surface area (Å²) < 4.78 is 5.46. The minimum absolute atomic E-state index is 0.106. The van der Waals surface area contributed by atoms with Gasteiger partial charge in [-0.25, -0.2) is 4.79 Å². The summed E-state index contributed by atoms with van der Waals surface area (Å²) in [6.45, 7) is 2.37. The van der Waals surface area contributed by atoms with E-state index in [1.165, 1.54) is 5.56 Å². The number of nitrogens with zero attached hydrogens (tertiary/aromatic N) is 1. The lowest BCUT2D eigenvalue weighted by Crippen LogP contribution is -2.45. The minimum atomic E-state index is -0.754. The lowest BCUT2D eigenvalue weighted by molar-refractivity contribution is 0.0382. The molecule has 1 amide bonds. The summed E-state index contributed by atoms with van der Waals surface area (Å²) in [5.41, 5.74) is 0.602. The molecule has 1 aliphatic carbocycles. The number of aryl methyl sites for hydroxylation is 3. The average molecular weight is 367 g/mol. The summed E-state index contributed by atoms with van der Waals surface area (Å²) >= 11 is 0. The van der Waals surface area contributed by atoms with Crippen molar-refractivity contribution in [3.63, 3.8) is 0 Å². The van der Waals surface area contributed by atoms with Gasteiger partial charge in [0.1, 0.15) is 11.3 Å². The van der Waals surface area contributed by atoms with Gasteiger partial charge in [0, 0.05) is 13.0 Å². The molecule has 1 N–H and O–H groups in total. The molecule has 1 saturated heterocycles. The van der Waals surface area contributed by atoms with Crippen molar-refractivity contribution in [2.45, 2.75) is 57.1 Å². The zero-order chi connectivity index (χ0) is 19.0. The predicted octanol–water partition coefficient (Wildman–Crippen LogP) is 2.86. The fourth-order valence-electron chi connectivity index (χ4n) is 4.14. The molecule has 0 spiro atoms. The van der Waals surface area contributed by atoms with Gasteiger partial charge in [-0.3, -0.25) is 4.79 Å². The molecular formula is C22H25NO4. The van der Waals surface area contributed by atoms with Crippen LogP contribution in [0, 0.1) is 6.92 Å². The Morgan fingerprint density at radius 1 is 1.26 bits per heavy atom. The highest BCUT2D eigenvalue weighted by molar-refractivity contribution is 5.95. The molecule has 2 heterocycles. The number of carbonyl (C=O) groups is 1. The highest BCUT2D eigenvalue weighted by atomic mass is 16.4. The van der Waals surface area contributed by atoms with Gasteiger partial charge in [0.2, 0.25) is 0 Å². The first kappa shape index (κ1) is 18.0. The first-order valence-corrected chi connectivity index (χ1v) is 9.69. The van der Waals surface area contributed by atoms with Crippen molar-refractivity contribution in [1.29, 1.82) is 0 Å². The minimum Gasteiger partial charge on any atom is -0.427 e. The number of hydrogen-bond donors (Lipinski definition) is 1. The highest BCUT2D eigenvalue weighted by Crippen LogP contribution is 2.44. The summed E-state index contributed by atoms with van der Waals surface area (Å²) in [5, 5.41) is 10.5. The SMILES string of the molecule is Cc1cc(CCc2ccccc2)oc(=O)c1C(=O)N1CCCC1C1(O)CC1. The van der Waals surface area contributed by atoms with Gasteiger partial charge in [0.25, 0.3) is 5.91 Å². The van der Waals surface area contributed by atoms with E-state index >= 15 is 0 Å². The van der Waals surface area contributed by atoms with E-state index in [2.05, 4.69) is 0 Å². The van der Waals surface area contributed by atoms with Crippen LogP contribution < -0.4 is 5.63 Å². The van der Waals surface area contributed by atoms with Crippen LogP contribution in [-0.4, -0.2) is 34.1 Å². The van der Waals surface area contributed by atoms with Crippen molar-refractivity contribution >= 4 is 5.91 Å². The molecule has 0 bridgehead atoms. The lowest BCUT2D eigenvalue weighted by atomic mass is 10.0. The van der Waals surface area contributed by atoms with E-state index in [0.29, 0.717) is 24.3 Å². The van der Waals surface area contributed by atoms with Crippen LogP contribution in [0.3, 0.4) is 0 Å². The van der Waals surface area contributed by atoms with Gasteiger partial charge < -0.3 is 14.4 Å². The van der Waals surface area contributed by atoms with E-state index in [1.54, 1.807) is 17.9 Å². The summed E-state index contributed by atoms with van der Waals surface area (Å²) in [6.07, 6.45) is 4.50. The number of benzene rings is 1. The molecule has 5 nitrogen and oxygen atoms in total. The molecule has 1 unspecified atom stereocenters. The Morgan fingerprint density at radius 3 is 2.67 bits per heavy atom. The fourth-order valence-corrected chi connectivity index (χ4v) is 4.14. The Labute approximate surface area is 158 Å². The molecule has 2 fully saturated rings.